The van der Waals surface area contributed by atoms with Crippen LogP contribution in [0.3, 0.4) is 0 Å². The molecule has 0 saturated heterocycles. The molecule has 4 heteroatoms. The third-order valence-electron chi connectivity index (χ3n) is 3.78. The molecular formula is C15H19ClO3. The van der Waals surface area contributed by atoms with Crippen molar-refractivity contribution in [2.75, 3.05) is 7.11 Å². The Hall–Kier alpha value is -1.22. The minimum absolute atomic E-state index is 0.0795. The summed E-state index contributed by atoms with van der Waals surface area (Å²) in [6.07, 6.45) is 3.27. The first kappa shape index (κ1) is 14.2. The van der Waals surface area contributed by atoms with Gasteiger partial charge >= 0.3 is 5.97 Å². The molecule has 3 nitrogen and oxygen atoms in total. The lowest BCUT2D eigenvalue weighted by atomic mass is 9.86. The summed E-state index contributed by atoms with van der Waals surface area (Å²) in [5, 5.41) is 9.66. The summed E-state index contributed by atoms with van der Waals surface area (Å²) >= 11 is 6.19. The van der Waals surface area contributed by atoms with Crippen LogP contribution in [-0.4, -0.2) is 18.2 Å². The highest BCUT2D eigenvalue weighted by molar-refractivity contribution is 6.32. The van der Waals surface area contributed by atoms with Gasteiger partial charge in [0, 0.05) is 0 Å². The van der Waals surface area contributed by atoms with Gasteiger partial charge in [0.1, 0.15) is 5.75 Å². The van der Waals surface area contributed by atoms with E-state index in [1.807, 2.05) is 12.1 Å². The van der Waals surface area contributed by atoms with Crippen molar-refractivity contribution in [1.82, 2.24) is 0 Å². The zero-order valence-electron chi connectivity index (χ0n) is 11.3. The zero-order valence-corrected chi connectivity index (χ0v) is 12.0. The van der Waals surface area contributed by atoms with Crippen LogP contribution in [0.4, 0.5) is 0 Å². The predicted molar refractivity (Wildman–Crippen MR) is 75.1 cm³/mol. The molecular weight excluding hydrogens is 264 g/mol. The van der Waals surface area contributed by atoms with E-state index in [0.717, 1.165) is 30.4 Å². The van der Waals surface area contributed by atoms with E-state index < -0.39 is 5.97 Å². The summed E-state index contributed by atoms with van der Waals surface area (Å²) < 4.78 is 5.23. The Kier molecular flexibility index (Phi) is 4.35. The molecule has 0 bridgehead atoms. The van der Waals surface area contributed by atoms with Crippen molar-refractivity contribution in [3.63, 3.8) is 0 Å². The number of hydrogen-bond donors (Lipinski definition) is 1. The normalized spacial score (nSPS) is 16.2. The number of benzene rings is 1. The van der Waals surface area contributed by atoms with Crippen molar-refractivity contribution >= 4 is 17.6 Å². The van der Waals surface area contributed by atoms with Gasteiger partial charge in [-0.2, -0.15) is 0 Å². The topological polar surface area (TPSA) is 46.5 Å². The average Bonchev–Trinajstić information content (AvgIpc) is 3.19. The van der Waals surface area contributed by atoms with Gasteiger partial charge in [-0.25, -0.2) is 0 Å². The smallest absolute Gasteiger partial charge is 0.303 e. The Morgan fingerprint density at radius 1 is 1.53 bits per heavy atom. The van der Waals surface area contributed by atoms with Gasteiger partial charge in [-0.15, -0.1) is 0 Å². The molecule has 19 heavy (non-hydrogen) atoms. The van der Waals surface area contributed by atoms with Crippen LogP contribution < -0.4 is 4.74 Å². The zero-order chi connectivity index (χ0) is 14.0. The summed E-state index contributed by atoms with van der Waals surface area (Å²) in [5.74, 6) is 0.486. The average molecular weight is 283 g/mol. The minimum atomic E-state index is -0.745. The number of hydrogen-bond acceptors (Lipinski definition) is 2. The highest BCUT2D eigenvalue weighted by Crippen LogP contribution is 2.47. The molecule has 1 aliphatic rings. The highest BCUT2D eigenvalue weighted by atomic mass is 35.5. The SMILES string of the molecule is CCc1cc(OC)c(Cl)cc1C(CC(=O)O)C1CC1. The summed E-state index contributed by atoms with van der Waals surface area (Å²) in [4.78, 5) is 11.1. The van der Waals surface area contributed by atoms with Crippen molar-refractivity contribution in [2.24, 2.45) is 5.92 Å². The van der Waals surface area contributed by atoms with E-state index in [1.165, 1.54) is 0 Å². The minimum Gasteiger partial charge on any atom is -0.495 e. The Balaban J connectivity index is 2.40. The third-order valence-corrected chi connectivity index (χ3v) is 4.07. The fourth-order valence-electron chi connectivity index (χ4n) is 2.64. The van der Waals surface area contributed by atoms with Gasteiger partial charge in [0.25, 0.3) is 0 Å². The molecule has 0 amide bonds. The molecule has 0 heterocycles. The molecule has 0 radical (unpaired) electrons. The Morgan fingerprint density at radius 2 is 2.21 bits per heavy atom. The van der Waals surface area contributed by atoms with Crippen LogP contribution in [0.1, 0.15) is 43.2 Å². The second-order valence-electron chi connectivity index (χ2n) is 5.08. The molecule has 0 aliphatic heterocycles. The van der Waals surface area contributed by atoms with Crippen LogP contribution in [-0.2, 0) is 11.2 Å². The number of rotatable bonds is 6. The van der Waals surface area contributed by atoms with E-state index in [9.17, 15) is 4.79 Å². The van der Waals surface area contributed by atoms with Gasteiger partial charge in [-0.1, -0.05) is 18.5 Å². The van der Waals surface area contributed by atoms with Crippen molar-refractivity contribution in [3.8, 4) is 5.75 Å². The quantitative estimate of drug-likeness (QED) is 0.861. The molecule has 0 spiro atoms. The van der Waals surface area contributed by atoms with Crippen LogP contribution in [0.5, 0.6) is 5.75 Å². The summed E-state index contributed by atoms with van der Waals surface area (Å²) in [6.45, 7) is 2.07. The monoisotopic (exact) mass is 282 g/mol. The van der Waals surface area contributed by atoms with E-state index in [-0.39, 0.29) is 12.3 Å². The van der Waals surface area contributed by atoms with Gasteiger partial charge in [0.15, 0.2) is 0 Å². The maximum absolute atomic E-state index is 11.1. The highest BCUT2D eigenvalue weighted by Gasteiger charge is 2.35. The summed E-state index contributed by atoms with van der Waals surface area (Å²) in [5.41, 5.74) is 2.22. The first-order chi connectivity index (χ1) is 9.06. The summed E-state index contributed by atoms with van der Waals surface area (Å²) in [7, 11) is 1.59. The predicted octanol–water partition coefficient (Wildman–Crippen LogP) is 3.88. The fraction of sp³-hybridized carbons (Fsp3) is 0.533. The molecule has 1 saturated carbocycles. The molecule has 0 aromatic heterocycles. The number of carbonyl (C=O) groups is 1. The molecule has 1 N–H and O–H groups in total. The molecule has 1 aliphatic carbocycles. The van der Waals surface area contributed by atoms with Crippen molar-refractivity contribution in [1.29, 1.82) is 0 Å². The standard InChI is InChI=1S/C15H19ClO3/c1-3-9-6-14(19-2)13(16)7-11(9)12(8-15(17)18)10-4-5-10/h6-7,10,12H,3-5,8H2,1-2H3,(H,17,18). The number of ether oxygens (including phenoxy) is 1. The number of carboxylic acids is 1. The maximum Gasteiger partial charge on any atom is 0.303 e. The van der Waals surface area contributed by atoms with Gasteiger partial charge < -0.3 is 9.84 Å². The number of methoxy groups -OCH3 is 1. The van der Waals surface area contributed by atoms with Gasteiger partial charge in [0.2, 0.25) is 0 Å². The van der Waals surface area contributed by atoms with Gasteiger partial charge in [-0.3, -0.25) is 4.79 Å². The number of halogens is 1. The maximum atomic E-state index is 11.1. The molecule has 1 unspecified atom stereocenters. The van der Waals surface area contributed by atoms with Crippen LogP contribution in [0.15, 0.2) is 12.1 Å². The van der Waals surface area contributed by atoms with E-state index in [0.29, 0.717) is 16.7 Å². The second-order valence-corrected chi connectivity index (χ2v) is 5.49. The van der Waals surface area contributed by atoms with E-state index in [4.69, 9.17) is 21.4 Å². The number of aliphatic carboxylic acids is 1. The second kappa shape index (κ2) is 5.83. The Labute approximate surface area is 118 Å². The fourth-order valence-corrected chi connectivity index (χ4v) is 2.89. The molecule has 1 aromatic carbocycles. The third kappa shape index (κ3) is 3.21. The Morgan fingerprint density at radius 3 is 2.68 bits per heavy atom. The largest absolute Gasteiger partial charge is 0.495 e. The molecule has 1 atom stereocenters. The van der Waals surface area contributed by atoms with E-state index in [2.05, 4.69) is 6.92 Å². The first-order valence-corrected chi connectivity index (χ1v) is 7.02. The van der Waals surface area contributed by atoms with Gasteiger partial charge in [0.05, 0.1) is 18.6 Å². The van der Waals surface area contributed by atoms with E-state index in [1.54, 1.807) is 7.11 Å². The van der Waals surface area contributed by atoms with Crippen LogP contribution in [0, 0.1) is 5.92 Å². The van der Waals surface area contributed by atoms with Crippen LogP contribution in [0.2, 0.25) is 5.02 Å². The van der Waals surface area contributed by atoms with Crippen molar-refractivity contribution in [3.05, 3.63) is 28.3 Å². The lowest BCUT2D eigenvalue weighted by Gasteiger charge is -2.20. The molecule has 1 fully saturated rings. The lowest BCUT2D eigenvalue weighted by molar-refractivity contribution is -0.137. The molecule has 2 rings (SSSR count). The summed E-state index contributed by atoms with van der Waals surface area (Å²) in [6, 6.07) is 3.83. The first-order valence-electron chi connectivity index (χ1n) is 6.64. The van der Waals surface area contributed by atoms with Crippen LogP contribution in [0.25, 0.3) is 0 Å². The number of aryl methyl sites for hydroxylation is 1. The lowest BCUT2D eigenvalue weighted by Crippen LogP contribution is -2.11. The van der Waals surface area contributed by atoms with Gasteiger partial charge in [-0.05, 0) is 54.4 Å². The van der Waals surface area contributed by atoms with Crippen molar-refractivity contribution < 1.29 is 14.6 Å². The van der Waals surface area contributed by atoms with E-state index >= 15 is 0 Å². The van der Waals surface area contributed by atoms with Crippen molar-refractivity contribution in [2.45, 2.75) is 38.5 Å². The Bertz CT molecular complexity index is 481. The van der Waals surface area contributed by atoms with Crippen LogP contribution >= 0.6 is 11.6 Å². The molecule has 1 aromatic rings. The number of carboxylic acid groups (broad SMARTS) is 1. The molecule has 104 valence electrons.